The van der Waals surface area contributed by atoms with Crippen molar-refractivity contribution in [3.05, 3.63) is 72.3 Å². The number of H-pyrrole nitrogens is 2. The Morgan fingerprint density at radius 2 is 1.66 bits per heavy atom. The standard InChI is InChI=1S/C29H41N7O5/c1-18(2)13-21(24(37)25-31-11-12-32-25)34-27(39)23(15-20-16-30-17-33-20)35-26(38)22(14-19-9-7-6-8-10-19)36-28(40)41-29(3,4)5/h6-12,16-18,21-24,37H,13-15H2,1-5H3,(H,30,33)(H,31,32)(H,34,39)(H,35,38)(H,36,40)/t21-,22-,23-,24-/m0/s1. The third-order valence-electron chi connectivity index (χ3n) is 6.12. The normalized spacial score (nSPS) is 14.5. The lowest BCUT2D eigenvalue weighted by Gasteiger charge is -2.28. The van der Waals surface area contributed by atoms with E-state index in [4.69, 9.17) is 4.74 Å². The molecule has 0 bridgehead atoms. The van der Waals surface area contributed by atoms with Crippen molar-refractivity contribution in [1.82, 2.24) is 35.9 Å². The molecule has 0 saturated heterocycles. The smallest absolute Gasteiger partial charge is 0.408 e. The van der Waals surface area contributed by atoms with Gasteiger partial charge in [-0.1, -0.05) is 44.2 Å². The summed E-state index contributed by atoms with van der Waals surface area (Å²) in [6, 6.07) is 6.47. The maximum atomic E-state index is 13.6. The van der Waals surface area contributed by atoms with Crippen molar-refractivity contribution in [2.45, 2.75) is 83.7 Å². The number of aromatic nitrogens is 4. The molecule has 41 heavy (non-hydrogen) atoms. The van der Waals surface area contributed by atoms with Crippen LogP contribution in [0.25, 0.3) is 0 Å². The molecule has 0 aliphatic rings. The Bertz CT molecular complexity index is 1220. The molecule has 0 aliphatic heterocycles. The lowest BCUT2D eigenvalue weighted by molar-refractivity contribution is -0.131. The molecular weight excluding hydrogens is 526 g/mol. The van der Waals surface area contributed by atoms with E-state index in [-0.39, 0.29) is 18.8 Å². The maximum Gasteiger partial charge on any atom is 0.408 e. The number of benzene rings is 1. The molecule has 0 unspecified atom stereocenters. The second-order valence-corrected chi connectivity index (χ2v) is 11.4. The Labute approximate surface area is 240 Å². The van der Waals surface area contributed by atoms with Crippen LogP contribution in [-0.4, -0.2) is 66.7 Å². The lowest BCUT2D eigenvalue weighted by atomic mass is 9.97. The number of nitrogens with zero attached hydrogens (tertiary/aromatic N) is 2. The fourth-order valence-corrected chi connectivity index (χ4v) is 4.29. The predicted octanol–water partition coefficient (Wildman–Crippen LogP) is 2.56. The van der Waals surface area contributed by atoms with E-state index in [1.165, 1.54) is 12.5 Å². The number of alkyl carbamates (subject to hydrolysis) is 1. The predicted molar refractivity (Wildman–Crippen MR) is 152 cm³/mol. The summed E-state index contributed by atoms with van der Waals surface area (Å²) in [6.07, 6.45) is 5.13. The summed E-state index contributed by atoms with van der Waals surface area (Å²) < 4.78 is 5.38. The lowest BCUT2D eigenvalue weighted by Crippen LogP contribution is -2.57. The summed E-state index contributed by atoms with van der Waals surface area (Å²) in [5, 5.41) is 19.3. The van der Waals surface area contributed by atoms with Crippen LogP contribution in [-0.2, 0) is 27.2 Å². The number of carbonyl (C=O) groups excluding carboxylic acids is 3. The average molecular weight is 568 g/mol. The van der Waals surface area contributed by atoms with Gasteiger partial charge in [0.15, 0.2) is 0 Å². The first-order chi connectivity index (χ1) is 19.4. The second kappa shape index (κ2) is 14.4. The van der Waals surface area contributed by atoms with Gasteiger partial charge in [0.2, 0.25) is 11.8 Å². The highest BCUT2D eigenvalue weighted by Crippen LogP contribution is 2.19. The van der Waals surface area contributed by atoms with Crippen LogP contribution in [0.15, 0.2) is 55.2 Å². The zero-order valence-electron chi connectivity index (χ0n) is 24.2. The molecule has 2 heterocycles. The first-order valence-electron chi connectivity index (χ1n) is 13.7. The highest BCUT2D eigenvalue weighted by atomic mass is 16.6. The van der Waals surface area contributed by atoms with Gasteiger partial charge < -0.3 is 35.8 Å². The van der Waals surface area contributed by atoms with Gasteiger partial charge in [-0.15, -0.1) is 0 Å². The molecule has 0 spiro atoms. The van der Waals surface area contributed by atoms with Crippen LogP contribution in [0.1, 0.15) is 64.2 Å². The molecule has 4 atom stereocenters. The summed E-state index contributed by atoms with van der Waals surface area (Å²) >= 11 is 0. The van der Waals surface area contributed by atoms with Crippen molar-refractivity contribution < 1.29 is 24.2 Å². The monoisotopic (exact) mass is 567 g/mol. The van der Waals surface area contributed by atoms with Crippen molar-refractivity contribution >= 4 is 17.9 Å². The zero-order valence-corrected chi connectivity index (χ0v) is 24.2. The molecule has 6 N–H and O–H groups in total. The number of carbonyl (C=O) groups is 3. The number of aliphatic hydroxyl groups excluding tert-OH is 1. The van der Waals surface area contributed by atoms with Crippen LogP contribution in [0, 0.1) is 5.92 Å². The van der Waals surface area contributed by atoms with Crippen LogP contribution in [0.3, 0.4) is 0 Å². The first-order valence-corrected chi connectivity index (χ1v) is 13.7. The van der Waals surface area contributed by atoms with Crippen molar-refractivity contribution in [2.75, 3.05) is 0 Å². The van der Waals surface area contributed by atoms with E-state index in [1.54, 1.807) is 33.2 Å². The van der Waals surface area contributed by atoms with Crippen LogP contribution in [0.4, 0.5) is 4.79 Å². The first kappa shape index (κ1) is 31.3. The number of amides is 3. The van der Waals surface area contributed by atoms with E-state index in [1.807, 2.05) is 44.2 Å². The molecule has 3 rings (SSSR count). The topological polar surface area (TPSA) is 174 Å². The minimum Gasteiger partial charge on any atom is -0.444 e. The number of hydrogen-bond donors (Lipinski definition) is 6. The number of nitrogens with one attached hydrogen (secondary N) is 5. The number of rotatable bonds is 13. The fraction of sp³-hybridized carbons (Fsp3) is 0.483. The summed E-state index contributed by atoms with van der Waals surface area (Å²) in [7, 11) is 0. The number of aliphatic hydroxyl groups is 1. The van der Waals surface area contributed by atoms with E-state index in [0.717, 1.165) is 5.56 Å². The van der Waals surface area contributed by atoms with Crippen molar-refractivity contribution in [3.63, 3.8) is 0 Å². The summed E-state index contributed by atoms with van der Waals surface area (Å²) in [4.78, 5) is 54.0. The van der Waals surface area contributed by atoms with Gasteiger partial charge in [-0.25, -0.2) is 14.8 Å². The Morgan fingerprint density at radius 1 is 0.976 bits per heavy atom. The van der Waals surface area contributed by atoms with Gasteiger partial charge in [0, 0.05) is 31.4 Å². The Morgan fingerprint density at radius 3 is 2.24 bits per heavy atom. The summed E-state index contributed by atoms with van der Waals surface area (Å²) in [5.41, 5.74) is 0.605. The molecular formula is C29H41N7O5. The number of hydrogen-bond acceptors (Lipinski definition) is 7. The molecule has 222 valence electrons. The molecule has 3 amide bonds. The van der Waals surface area contributed by atoms with E-state index in [9.17, 15) is 19.5 Å². The van der Waals surface area contributed by atoms with Gasteiger partial charge in [-0.05, 0) is 38.7 Å². The molecule has 0 fully saturated rings. The van der Waals surface area contributed by atoms with Gasteiger partial charge in [-0.3, -0.25) is 9.59 Å². The van der Waals surface area contributed by atoms with Crippen LogP contribution >= 0.6 is 0 Å². The largest absolute Gasteiger partial charge is 0.444 e. The fourth-order valence-electron chi connectivity index (χ4n) is 4.29. The van der Waals surface area contributed by atoms with Gasteiger partial charge in [0.25, 0.3) is 0 Å². The van der Waals surface area contributed by atoms with Crippen molar-refractivity contribution in [3.8, 4) is 0 Å². The Kier molecular flexibility index (Phi) is 11.0. The van der Waals surface area contributed by atoms with Gasteiger partial charge in [0.1, 0.15) is 29.6 Å². The van der Waals surface area contributed by atoms with Gasteiger partial charge >= 0.3 is 6.09 Å². The van der Waals surface area contributed by atoms with Gasteiger partial charge in [0.05, 0.1) is 18.1 Å². The number of aromatic amines is 2. The summed E-state index contributed by atoms with van der Waals surface area (Å²) in [5.74, 6) is -0.596. The number of ether oxygens (including phenoxy) is 1. The zero-order chi connectivity index (χ0) is 30.0. The SMILES string of the molecule is CC(C)C[C@H](NC(=O)[C@H](Cc1c[nH]cn1)NC(=O)[C@H](Cc1ccccc1)NC(=O)OC(C)(C)C)[C@H](O)c1ncc[nH]1. The third-order valence-corrected chi connectivity index (χ3v) is 6.12. The molecule has 0 radical (unpaired) electrons. The van der Waals surface area contributed by atoms with Crippen molar-refractivity contribution in [1.29, 1.82) is 0 Å². The van der Waals surface area contributed by atoms with Gasteiger partial charge in [-0.2, -0.15) is 0 Å². The Hall–Kier alpha value is -4.19. The molecule has 0 saturated carbocycles. The average Bonchev–Trinajstić information content (AvgIpc) is 3.61. The van der Waals surface area contributed by atoms with Crippen LogP contribution in [0.5, 0.6) is 0 Å². The number of imidazole rings is 2. The van der Waals surface area contributed by atoms with E-state index < -0.39 is 47.7 Å². The highest BCUT2D eigenvalue weighted by molar-refractivity contribution is 5.91. The molecule has 3 aromatic rings. The molecule has 12 nitrogen and oxygen atoms in total. The molecule has 1 aromatic carbocycles. The van der Waals surface area contributed by atoms with Crippen LogP contribution in [0.2, 0.25) is 0 Å². The molecule has 2 aromatic heterocycles. The van der Waals surface area contributed by atoms with E-state index >= 15 is 0 Å². The highest BCUT2D eigenvalue weighted by Gasteiger charge is 2.32. The molecule has 12 heteroatoms. The minimum atomic E-state index is -1.09. The third kappa shape index (κ3) is 10.4. The minimum absolute atomic E-state index is 0.0802. The Balaban J connectivity index is 1.82. The quantitative estimate of drug-likeness (QED) is 0.184. The van der Waals surface area contributed by atoms with Crippen LogP contribution < -0.4 is 16.0 Å². The van der Waals surface area contributed by atoms with Crippen molar-refractivity contribution in [2.24, 2.45) is 5.92 Å². The molecule has 0 aliphatic carbocycles. The van der Waals surface area contributed by atoms with E-state index in [2.05, 4.69) is 35.9 Å². The van der Waals surface area contributed by atoms with E-state index in [0.29, 0.717) is 17.9 Å². The maximum absolute atomic E-state index is 13.6. The summed E-state index contributed by atoms with van der Waals surface area (Å²) in [6.45, 7) is 9.15. The second-order valence-electron chi connectivity index (χ2n) is 11.4.